The lowest BCUT2D eigenvalue weighted by Gasteiger charge is -2.60. The molecule has 0 aromatic heterocycles. The second-order valence-corrected chi connectivity index (χ2v) is 12.4. The Labute approximate surface area is 142 Å². The highest BCUT2D eigenvalue weighted by molar-refractivity contribution is 8.72. The molecule has 2 atom stereocenters. The Hall–Kier alpha value is -0.700. The van der Waals surface area contributed by atoms with Crippen LogP contribution in [-0.4, -0.2) is 36.7 Å². The summed E-state index contributed by atoms with van der Waals surface area (Å²) in [5.74, 6) is -1.64. The van der Waals surface area contributed by atoms with Crippen molar-refractivity contribution in [1.82, 2.24) is 0 Å². The predicted octanol–water partition coefficient (Wildman–Crippen LogP) is 3.59. The van der Waals surface area contributed by atoms with E-state index in [4.69, 9.17) is 5.11 Å². The molecular weight excluding hydrogens is 365 g/mol. The summed E-state index contributed by atoms with van der Waals surface area (Å²) in [5.41, 5.74) is -2.38. The van der Waals surface area contributed by atoms with Crippen molar-refractivity contribution in [3.05, 3.63) is 11.6 Å². The molecule has 1 N–H and O–H groups in total. The van der Waals surface area contributed by atoms with Gasteiger partial charge in [-0.3, -0.25) is 0 Å². The standard InChI is InChI=1S/C15H19F3O4S2/c1-24(21,22)23-14-5-9-2-10(6-14)4-13(3-9,8-14)7-11(12(19)20)15(16,17)18/h7,9-10H,2-6,8H2,1H3,(H,19,20). The first-order valence-corrected chi connectivity index (χ1v) is 11.0. The normalized spacial score (nSPS) is 39.2. The fraction of sp³-hybridized carbons (Fsp3) is 0.800. The molecule has 0 aromatic carbocycles. The van der Waals surface area contributed by atoms with Crippen LogP contribution in [0.3, 0.4) is 0 Å². The third-order valence-corrected chi connectivity index (χ3v) is 8.47. The molecule has 4 saturated carbocycles. The summed E-state index contributed by atoms with van der Waals surface area (Å²) in [6.45, 7) is 0. The van der Waals surface area contributed by atoms with Crippen molar-refractivity contribution < 1.29 is 31.5 Å². The van der Waals surface area contributed by atoms with Gasteiger partial charge in [-0.05, 0) is 66.6 Å². The number of hydrogen-bond donors (Lipinski definition) is 1. The van der Waals surface area contributed by atoms with Gasteiger partial charge in [0.1, 0.15) is 5.57 Å². The molecule has 0 heterocycles. The number of alkyl halides is 3. The van der Waals surface area contributed by atoms with Crippen LogP contribution in [0.25, 0.3) is 0 Å². The Morgan fingerprint density at radius 1 is 1.21 bits per heavy atom. The van der Waals surface area contributed by atoms with Gasteiger partial charge in [0.2, 0.25) is 0 Å². The van der Waals surface area contributed by atoms with Crippen molar-refractivity contribution in [3.63, 3.8) is 0 Å². The van der Waals surface area contributed by atoms with Gasteiger partial charge in [0, 0.05) is 11.0 Å². The van der Waals surface area contributed by atoms with Gasteiger partial charge in [-0.25, -0.2) is 13.2 Å². The van der Waals surface area contributed by atoms with Gasteiger partial charge >= 0.3 is 12.1 Å². The molecule has 2 unspecified atom stereocenters. The number of carboxylic acids is 1. The number of allylic oxidation sites excluding steroid dienone is 1. The fourth-order valence-corrected chi connectivity index (χ4v) is 9.51. The van der Waals surface area contributed by atoms with E-state index < -0.39 is 36.7 Å². The van der Waals surface area contributed by atoms with Gasteiger partial charge in [-0.2, -0.15) is 13.2 Å². The summed E-state index contributed by atoms with van der Waals surface area (Å²) >= 11 is 0. The molecule has 0 saturated heterocycles. The average Bonchev–Trinajstić information content (AvgIpc) is 2.29. The number of aliphatic carboxylic acids is 1. The molecule has 4 nitrogen and oxygen atoms in total. The number of carboxylic acid groups (broad SMARTS) is 1. The van der Waals surface area contributed by atoms with Crippen LogP contribution in [0.5, 0.6) is 0 Å². The highest BCUT2D eigenvalue weighted by atomic mass is 33.1. The van der Waals surface area contributed by atoms with E-state index in [9.17, 15) is 26.4 Å². The summed E-state index contributed by atoms with van der Waals surface area (Å²) in [4.78, 5) is 11.1. The third-order valence-electron chi connectivity index (χ3n) is 5.37. The van der Waals surface area contributed by atoms with E-state index >= 15 is 0 Å². The summed E-state index contributed by atoms with van der Waals surface area (Å²) in [6.07, 6.45) is 0.711. The van der Waals surface area contributed by atoms with Crippen molar-refractivity contribution in [1.29, 1.82) is 0 Å². The molecule has 24 heavy (non-hydrogen) atoms. The van der Waals surface area contributed by atoms with Crippen molar-refractivity contribution in [2.45, 2.75) is 49.4 Å². The maximum absolute atomic E-state index is 13.1. The number of halogens is 3. The molecule has 4 rings (SSSR count). The first-order valence-electron chi connectivity index (χ1n) is 7.76. The quantitative estimate of drug-likeness (QED) is 0.592. The van der Waals surface area contributed by atoms with Crippen LogP contribution in [0.1, 0.15) is 38.5 Å². The maximum Gasteiger partial charge on any atom is 0.423 e. The smallest absolute Gasteiger partial charge is 0.423 e. The van der Waals surface area contributed by atoms with Crippen LogP contribution >= 0.6 is 10.8 Å². The van der Waals surface area contributed by atoms with Gasteiger partial charge in [-0.1, -0.05) is 6.08 Å². The minimum atomic E-state index is -4.91. The summed E-state index contributed by atoms with van der Waals surface area (Å²) in [7, 11) is -2.46. The largest absolute Gasteiger partial charge is 0.478 e. The highest BCUT2D eigenvalue weighted by Crippen LogP contribution is 2.67. The average molecular weight is 384 g/mol. The second kappa shape index (κ2) is 5.40. The van der Waals surface area contributed by atoms with Crippen molar-refractivity contribution >= 4 is 25.6 Å². The first-order chi connectivity index (χ1) is 10.8. The number of rotatable bonds is 4. The fourth-order valence-electron chi connectivity index (χ4n) is 5.41. The molecule has 4 fully saturated rings. The van der Waals surface area contributed by atoms with Crippen LogP contribution in [-0.2, 0) is 13.7 Å². The molecule has 9 heteroatoms. The molecule has 4 bridgehead atoms. The Kier molecular flexibility index (Phi) is 4.07. The van der Waals surface area contributed by atoms with Gasteiger partial charge in [0.15, 0.2) is 8.87 Å². The van der Waals surface area contributed by atoms with Crippen LogP contribution in [0.15, 0.2) is 11.6 Å². The molecule has 4 aliphatic carbocycles. The highest BCUT2D eigenvalue weighted by Gasteiger charge is 2.59. The predicted molar refractivity (Wildman–Crippen MR) is 84.1 cm³/mol. The molecule has 136 valence electrons. The van der Waals surface area contributed by atoms with Crippen LogP contribution in [0, 0.1) is 17.3 Å². The van der Waals surface area contributed by atoms with E-state index in [0.717, 1.165) is 29.5 Å². The Morgan fingerprint density at radius 2 is 1.75 bits per heavy atom. The molecule has 0 spiro atoms. The Balaban J connectivity index is 2.01. The zero-order chi connectivity index (χ0) is 18.0. The van der Waals surface area contributed by atoms with E-state index in [2.05, 4.69) is 0 Å². The molecule has 4 aliphatic rings. The third kappa shape index (κ3) is 3.47. The zero-order valence-corrected chi connectivity index (χ0v) is 14.7. The second-order valence-electron chi connectivity index (χ2n) is 7.65. The van der Waals surface area contributed by atoms with E-state index in [1.807, 2.05) is 0 Å². The summed E-state index contributed by atoms with van der Waals surface area (Å²) in [5, 5.41) is 8.97. The zero-order valence-electron chi connectivity index (χ0n) is 13.1. The lowest BCUT2D eigenvalue weighted by Crippen LogP contribution is -2.54. The van der Waals surface area contributed by atoms with Crippen LogP contribution < -0.4 is 0 Å². The Bertz CT molecular complexity index is 682. The van der Waals surface area contributed by atoms with Gasteiger partial charge in [0.05, 0.1) is 0 Å². The van der Waals surface area contributed by atoms with E-state index in [1.165, 1.54) is 0 Å². The number of carbonyl (C=O) groups is 1. The molecule has 0 aliphatic heterocycles. The monoisotopic (exact) mass is 384 g/mol. The topological polar surface area (TPSA) is 71.4 Å². The van der Waals surface area contributed by atoms with E-state index in [1.54, 1.807) is 0 Å². The number of hydrogen-bond acceptors (Lipinski definition) is 4. The SMILES string of the molecule is CS(=O)(=O)SC12CC3CC(CC(C=C(C(=O)O)C(F)(F)F)(C3)C1)C2. The van der Waals surface area contributed by atoms with E-state index in [0.29, 0.717) is 32.1 Å². The van der Waals surface area contributed by atoms with Crippen LogP contribution in [0.2, 0.25) is 0 Å². The molecule has 0 radical (unpaired) electrons. The molecule has 0 amide bonds. The Morgan fingerprint density at radius 3 is 2.17 bits per heavy atom. The lowest BCUT2D eigenvalue weighted by molar-refractivity contribution is -0.145. The van der Waals surface area contributed by atoms with Gasteiger partial charge < -0.3 is 5.11 Å². The van der Waals surface area contributed by atoms with Crippen molar-refractivity contribution in [3.8, 4) is 0 Å². The maximum atomic E-state index is 13.1. The summed E-state index contributed by atoms with van der Waals surface area (Å²) in [6, 6.07) is 0. The van der Waals surface area contributed by atoms with E-state index in [-0.39, 0.29) is 11.8 Å². The van der Waals surface area contributed by atoms with Crippen molar-refractivity contribution in [2.24, 2.45) is 17.3 Å². The minimum Gasteiger partial charge on any atom is -0.478 e. The lowest BCUT2D eigenvalue weighted by atomic mass is 9.49. The first kappa shape index (κ1) is 18.1. The molecular formula is C15H19F3O4S2. The molecule has 0 aromatic rings. The van der Waals surface area contributed by atoms with Crippen molar-refractivity contribution in [2.75, 3.05) is 6.26 Å². The van der Waals surface area contributed by atoms with Gasteiger partial charge in [-0.15, -0.1) is 0 Å². The summed E-state index contributed by atoms with van der Waals surface area (Å²) < 4.78 is 62.2. The minimum absolute atomic E-state index is 0.167. The van der Waals surface area contributed by atoms with Gasteiger partial charge in [0.25, 0.3) is 0 Å². The van der Waals surface area contributed by atoms with Crippen LogP contribution in [0.4, 0.5) is 13.2 Å².